The van der Waals surface area contributed by atoms with Crippen molar-refractivity contribution < 1.29 is 13.3 Å². The molecular weight excluding hydrogens is 304 g/mol. The molecule has 3 aliphatic heterocycles. The van der Waals surface area contributed by atoms with Gasteiger partial charge < -0.3 is 13.3 Å². The van der Waals surface area contributed by atoms with E-state index in [0.717, 1.165) is 33.9 Å². The van der Waals surface area contributed by atoms with Crippen LogP contribution in [0.1, 0.15) is 16.7 Å². The van der Waals surface area contributed by atoms with E-state index >= 15 is 0 Å². The molecule has 0 amide bonds. The molecule has 0 atom stereocenters. The van der Waals surface area contributed by atoms with Gasteiger partial charge in [-0.1, -0.05) is 54.6 Å². The smallest absolute Gasteiger partial charge is 0.482 e. The van der Waals surface area contributed by atoms with Gasteiger partial charge in [-0.15, -0.1) is 0 Å². The van der Waals surface area contributed by atoms with E-state index in [0.29, 0.717) is 0 Å². The number of benzene rings is 3. The van der Waals surface area contributed by atoms with E-state index in [-0.39, 0.29) is 0 Å². The van der Waals surface area contributed by atoms with Crippen molar-refractivity contribution in [3.05, 3.63) is 89.5 Å². The standard InChI is InChI=1S/C19H12O3Si/c1-4-10-16-13(7-1)19-14-8-2-5-11-17(14)21-23(19,20-16)22-18-12-6-3-9-15(18)19/h1-12H. The zero-order chi connectivity index (χ0) is 15.1. The highest BCUT2D eigenvalue weighted by molar-refractivity contribution is 6.72. The third kappa shape index (κ3) is 1.10. The molecule has 110 valence electrons. The lowest BCUT2D eigenvalue weighted by Crippen LogP contribution is -2.60. The van der Waals surface area contributed by atoms with Gasteiger partial charge in [-0.25, -0.2) is 0 Å². The topological polar surface area (TPSA) is 27.7 Å². The minimum absolute atomic E-state index is 0.434. The van der Waals surface area contributed by atoms with Crippen LogP contribution in [0.25, 0.3) is 0 Å². The van der Waals surface area contributed by atoms with Crippen molar-refractivity contribution in [2.75, 3.05) is 0 Å². The summed E-state index contributed by atoms with van der Waals surface area (Å²) in [5, 5.41) is -0.434. The fourth-order valence-electron chi connectivity index (χ4n) is 4.25. The summed E-state index contributed by atoms with van der Waals surface area (Å²) in [7, 11) is -3.00. The molecule has 3 aliphatic rings. The Bertz CT molecular complexity index is 858. The van der Waals surface area contributed by atoms with Crippen LogP contribution in [0.4, 0.5) is 0 Å². The van der Waals surface area contributed by atoms with Gasteiger partial charge in [0.25, 0.3) is 0 Å². The lowest BCUT2D eigenvalue weighted by atomic mass is 9.82. The predicted molar refractivity (Wildman–Crippen MR) is 86.8 cm³/mol. The van der Waals surface area contributed by atoms with Crippen LogP contribution in [0.5, 0.6) is 17.2 Å². The summed E-state index contributed by atoms with van der Waals surface area (Å²) in [5.74, 6) is 2.63. The molecule has 3 aromatic rings. The third-order valence-corrected chi connectivity index (χ3v) is 8.26. The first kappa shape index (κ1) is 11.8. The Morgan fingerprint density at radius 3 is 1.26 bits per heavy atom. The maximum absolute atomic E-state index is 6.39. The predicted octanol–water partition coefficient (Wildman–Crippen LogP) is 3.68. The average molecular weight is 316 g/mol. The second kappa shape index (κ2) is 3.60. The van der Waals surface area contributed by atoms with Crippen molar-refractivity contribution in [3.8, 4) is 17.2 Å². The Morgan fingerprint density at radius 2 is 0.870 bits per heavy atom. The lowest BCUT2D eigenvalue weighted by Gasteiger charge is -2.23. The lowest BCUT2D eigenvalue weighted by molar-refractivity contribution is 0.287. The van der Waals surface area contributed by atoms with Crippen LogP contribution in [0, 0.1) is 0 Å². The van der Waals surface area contributed by atoms with E-state index in [4.69, 9.17) is 13.3 Å². The van der Waals surface area contributed by atoms with Gasteiger partial charge in [0, 0.05) is 16.7 Å². The quantitative estimate of drug-likeness (QED) is 0.592. The van der Waals surface area contributed by atoms with Gasteiger partial charge in [0.05, 0.1) is 0 Å². The maximum atomic E-state index is 6.39. The van der Waals surface area contributed by atoms with Crippen LogP contribution < -0.4 is 13.3 Å². The molecule has 0 saturated heterocycles. The van der Waals surface area contributed by atoms with E-state index in [1.165, 1.54) is 0 Å². The second-order valence-corrected chi connectivity index (χ2v) is 8.58. The number of hydrogen-bond acceptors (Lipinski definition) is 3. The van der Waals surface area contributed by atoms with Gasteiger partial charge >= 0.3 is 8.80 Å². The summed E-state index contributed by atoms with van der Waals surface area (Å²) in [6.45, 7) is 0. The largest absolute Gasteiger partial charge is 0.720 e. The molecule has 3 aromatic carbocycles. The Kier molecular flexibility index (Phi) is 1.85. The molecule has 0 bridgehead atoms. The molecule has 0 aliphatic carbocycles. The molecule has 3 heterocycles. The summed E-state index contributed by atoms with van der Waals surface area (Å²) in [6.07, 6.45) is 0. The third-order valence-electron chi connectivity index (χ3n) is 5.07. The van der Waals surface area contributed by atoms with Crippen molar-refractivity contribution in [2.45, 2.75) is 5.04 Å². The number of hydrogen-bond donors (Lipinski definition) is 0. The van der Waals surface area contributed by atoms with Crippen LogP contribution in [0.3, 0.4) is 0 Å². The highest BCUT2D eigenvalue weighted by Gasteiger charge is 2.82. The fraction of sp³-hybridized carbons (Fsp3) is 0.0526. The summed E-state index contributed by atoms with van der Waals surface area (Å²) >= 11 is 0. The Hall–Kier alpha value is -2.72. The van der Waals surface area contributed by atoms with Crippen molar-refractivity contribution in [1.82, 2.24) is 0 Å². The molecule has 3 nitrogen and oxygen atoms in total. The molecule has 0 spiro atoms. The zero-order valence-electron chi connectivity index (χ0n) is 12.2. The Labute approximate surface area is 134 Å². The van der Waals surface area contributed by atoms with Gasteiger partial charge in [-0.2, -0.15) is 0 Å². The van der Waals surface area contributed by atoms with Gasteiger partial charge in [-0.3, -0.25) is 0 Å². The summed E-state index contributed by atoms with van der Waals surface area (Å²) in [5.41, 5.74) is 3.46. The molecule has 0 saturated carbocycles. The molecule has 0 aromatic heterocycles. The molecule has 6 rings (SSSR count). The molecule has 0 fully saturated rings. The van der Waals surface area contributed by atoms with Gasteiger partial charge in [0.15, 0.2) is 5.04 Å². The van der Waals surface area contributed by atoms with E-state index in [1.807, 2.05) is 36.4 Å². The first-order valence-electron chi connectivity index (χ1n) is 7.71. The summed E-state index contributed by atoms with van der Waals surface area (Å²) in [6, 6.07) is 24.6. The van der Waals surface area contributed by atoms with Crippen LogP contribution >= 0.6 is 0 Å². The molecule has 0 N–H and O–H groups in total. The Balaban J connectivity index is 1.82. The second-order valence-electron chi connectivity index (χ2n) is 6.10. The normalized spacial score (nSPS) is 27.7. The van der Waals surface area contributed by atoms with E-state index < -0.39 is 13.8 Å². The molecular formula is C19H12O3Si. The first-order chi connectivity index (χ1) is 11.4. The first-order valence-corrected chi connectivity index (χ1v) is 9.43. The molecule has 0 radical (unpaired) electrons. The van der Waals surface area contributed by atoms with E-state index in [2.05, 4.69) is 36.4 Å². The Morgan fingerprint density at radius 1 is 0.522 bits per heavy atom. The minimum atomic E-state index is -3.00. The monoisotopic (exact) mass is 316 g/mol. The molecule has 4 heteroatoms. The summed E-state index contributed by atoms with van der Waals surface area (Å²) < 4.78 is 19.2. The van der Waals surface area contributed by atoms with Gasteiger partial charge in [-0.05, 0) is 18.2 Å². The van der Waals surface area contributed by atoms with Crippen molar-refractivity contribution in [2.24, 2.45) is 0 Å². The maximum Gasteiger partial charge on any atom is 0.720 e. The fourth-order valence-corrected chi connectivity index (χ4v) is 7.85. The van der Waals surface area contributed by atoms with Crippen molar-refractivity contribution in [1.29, 1.82) is 0 Å². The number of rotatable bonds is 0. The van der Waals surface area contributed by atoms with Crippen LogP contribution in [0.2, 0.25) is 0 Å². The number of para-hydroxylation sites is 3. The van der Waals surface area contributed by atoms with Gasteiger partial charge in [0.2, 0.25) is 0 Å². The zero-order valence-corrected chi connectivity index (χ0v) is 13.2. The SMILES string of the molecule is c1ccc2c(c1)O[Si]13Oc4ccccc4C21c1ccccc1O3. The average Bonchev–Trinajstić information content (AvgIpc) is 3.11. The highest BCUT2D eigenvalue weighted by Crippen LogP contribution is 2.65. The van der Waals surface area contributed by atoms with E-state index in [9.17, 15) is 0 Å². The van der Waals surface area contributed by atoms with Crippen LogP contribution in [0.15, 0.2) is 72.8 Å². The van der Waals surface area contributed by atoms with Crippen molar-refractivity contribution in [3.63, 3.8) is 0 Å². The highest BCUT2D eigenvalue weighted by atomic mass is 28.4. The summed E-state index contributed by atoms with van der Waals surface area (Å²) in [4.78, 5) is 0. The number of fused-ring (bicyclic) bond motifs is 3. The minimum Gasteiger partial charge on any atom is -0.482 e. The van der Waals surface area contributed by atoms with Crippen molar-refractivity contribution >= 4 is 8.80 Å². The van der Waals surface area contributed by atoms with Crippen LogP contribution in [-0.2, 0) is 5.04 Å². The van der Waals surface area contributed by atoms with Gasteiger partial charge in [0.1, 0.15) is 17.2 Å². The van der Waals surface area contributed by atoms with Crippen LogP contribution in [-0.4, -0.2) is 8.80 Å². The molecule has 0 unspecified atom stereocenters. The van der Waals surface area contributed by atoms with E-state index in [1.54, 1.807) is 0 Å². The molecule has 23 heavy (non-hydrogen) atoms.